The van der Waals surface area contributed by atoms with Gasteiger partial charge in [-0.25, -0.2) is 0 Å². The third kappa shape index (κ3) is 4.08. The fourth-order valence-corrected chi connectivity index (χ4v) is 2.76. The minimum Gasteiger partial charge on any atom is -0.466 e. The fourth-order valence-electron chi connectivity index (χ4n) is 2.56. The Morgan fingerprint density at radius 3 is 2.39 bits per heavy atom. The molecule has 0 radical (unpaired) electrons. The lowest BCUT2D eigenvalue weighted by molar-refractivity contribution is -0.143. The third-order valence-electron chi connectivity index (χ3n) is 4.57. The molecule has 4 nitrogen and oxygen atoms in total. The van der Waals surface area contributed by atoms with Crippen LogP contribution in [0.25, 0.3) is 0 Å². The van der Waals surface area contributed by atoms with Gasteiger partial charge in [0.25, 0.3) is 0 Å². The van der Waals surface area contributed by atoms with Crippen molar-refractivity contribution in [2.24, 2.45) is 0 Å². The highest BCUT2D eigenvalue weighted by molar-refractivity contribution is 6.48. The maximum atomic E-state index is 12.0. The minimum atomic E-state index is -0.525. The van der Waals surface area contributed by atoms with Crippen LogP contribution in [0.2, 0.25) is 5.02 Å². The van der Waals surface area contributed by atoms with E-state index in [-0.39, 0.29) is 18.2 Å². The Morgan fingerprint density at radius 1 is 1.26 bits per heavy atom. The Kier molecular flexibility index (Phi) is 5.44. The molecule has 1 unspecified atom stereocenters. The number of hydrogen-bond donors (Lipinski definition) is 0. The molecular formula is C17H24BClO4. The monoisotopic (exact) mass is 338 g/mol. The maximum Gasteiger partial charge on any atom is 0.466 e. The van der Waals surface area contributed by atoms with Gasteiger partial charge in [-0.3, -0.25) is 4.79 Å². The van der Waals surface area contributed by atoms with Crippen LogP contribution in [0, 0.1) is 0 Å². The van der Waals surface area contributed by atoms with Crippen LogP contribution in [-0.4, -0.2) is 30.9 Å². The molecular weight excluding hydrogens is 314 g/mol. The molecule has 1 aromatic carbocycles. The van der Waals surface area contributed by atoms with Crippen LogP contribution >= 0.6 is 11.6 Å². The van der Waals surface area contributed by atoms with Gasteiger partial charge >= 0.3 is 13.1 Å². The van der Waals surface area contributed by atoms with Gasteiger partial charge in [-0.15, -0.1) is 0 Å². The molecule has 0 aromatic heterocycles. The van der Waals surface area contributed by atoms with Crippen LogP contribution in [-0.2, 0) is 18.8 Å². The van der Waals surface area contributed by atoms with Crippen LogP contribution in [0.3, 0.4) is 0 Å². The van der Waals surface area contributed by atoms with E-state index in [1.165, 1.54) is 0 Å². The Bertz CT molecular complexity index is 557. The minimum absolute atomic E-state index is 0.186. The molecule has 1 saturated heterocycles. The van der Waals surface area contributed by atoms with Gasteiger partial charge in [0.05, 0.1) is 24.2 Å². The molecule has 1 heterocycles. The van der Waals surface area contributed by atoms with Crippen molar-refractivity contribution in [3.63, 3.8) is 0 Å². The van der Waals surface area contributed by atoms with Gasteiger partial charge in [-0.05, 0) is 52.3 Å². The second kappa shape index (κ2) is 6.84. The highest BCUT2D eigenvalue weighted by atomic mass is 35.5. The summed E-state index contributed by atoms with van der Waals surface area (Å²) in [6, 6.07) is 7.44. The summed E-state index contributed by atoms with van der Waals surface area (Å²) in [4.78, 5) is 12.0. The average Bonchev–Trinajstić information content (AvgIpc) is 2.65. The standard InChI is InChI=1S/C17H24BClO4/c1-6-21-15(20)11-14(12-8-7-9-13(19)10-12)18-22-16(2,3)17(4,5)23-18/h7-10,14H,6,11H2,1-5H3. The number of benzene rings is 1. The van der Waals surface area contributed by atoms with E-state index in [2.05, 4.69) is 0 Å². The van der Waals surface area contributed by atoms with Crippen LogP contribution in [0.15, 0.2) is 24.3 Å². The summed E-state index contributed by atoms with van der Waals surface area (Å²) in [5, 5.41) is 0.618. The molecule has 1 atom stereocenters. The lowest BCUT2D eigenvalue weighted by Gasteiger charge is -2.32. The molecule has 0 bridgehead atoms. The number of carbonyl (C=O) groups excluding carboxylic acids is 1. The van der Waals surface area contributed by atoms with Gasteiger partial charge < -0.3 is 14.0 Å². The molecule has 1 aromatic rings. The first kappa shape index (κ1) is 18.3. The second-order valence-electron chi connectivity index (χ2n) is 6.80. The topological polar surface area (TPSA) is 44.8 Å². The van der Waals surface area contributed by atoms with Crippen LogP contribution < -0.4 is 0 Å². The molecule has 126 valence electrons. The van der Waals surface area contributed by atoms with Gasteiger partial charge in [0.15, 0.2) is 0 Å². The zero-order valence-electron chi connectivity index (χ0n) is 14.4. The number of esters is 1. The van der Waals surface area contributed by atoms with Crippen molar-refractivity contribution in [3.05, 3.63) is 34.9 Å². The smallest absolute Gasteiger partial charge is 0.466 e. The quantitative estimate of drug-likeness (QED) is 0.601. The van der Waals surface area contributed by atoms with E-state index in [1.54, 1.807) is 13.0 Å². The average molecular weight is 339 g/mol. The first-order valence-corrected chi connectivity index (χ1v) is 8.31. The molecule has 23 heavy (non-hydrogen) atoms. The van der Waals surface area contributed by atoms with Crippen LogP contribution in [0.4, 0.5) is 0 Å². The maximum absolute atomic E-state index is 12.0. The summed E-state index contributed by atoms with van der Waals surface area (Å²) in [5.74, 6) is -0.541. The van der Waals surface area contributed by atoms with Crippen molar-refractivity contribution in [2.45, 2.75) is 58.1 Å². The Hall–Kier alpha value is -1.04. The predicted octanol–water partition coefficient (Wildman–Crippen LogP) is 4.01. The fraction of sp³-hybridized carbons (Fsp3) is 0.588. The Balaban J connectivity index is 2.29. The third-order valence-corrected chi connectivity index (χ3v) is 4.80. The van der Waals surface area contributed by atoms with Crippen LogP contribution in [0.1, 0.15) is 52.4 Å². The predicted molar refractivity (Wildman–Crippen MR) is 91.5 cm³/mol. The molecule has 1 fully saturated rings. The molecule has 0 saturated carbocycles. The van der Waals surface area contributed by atoms with Gasteiger partial charge in [0.1, 0.15) is 0 Å². The van der Waals surface area contributed by atoms with Crippen molar-refractivity contribution in [2.75, 3.05) is 6.61 Å². The van der Waals surface area contributed by atoms with E-state index in [1.807, 2.05) is 45.9 Å². The van der Waals surface area contributed by atoms with Gasteiger partial charge in [0.2, 0.25) is 0 Å². The summed E-state index contributed by atoms with van der Waals surface area (Å²) < 4.78 is 17.4. The zero-order chi connectivity index (χ0) is 17.3. The van der Waals surface area contributed by atoms with E-state index in [0.29, 0.717) is 11.6 Å². The highest BCUT2D eigenvalue weighted by Gasteiger charge is 2.54. The van der Waals surface area contributed by atoms with Crippen molar-refractivity contribution >= 4 is 24.7 Å². The first-order valence-electron chi connectivity index (χ1n) is 7.93. The number of carbonyl (C=O) groups is 1. The molecule has 0 aliphatic carbocycles. The van der Waals surface area contributed by atoms with Gasteiger partial charge in [0, 0.05) is 10.8 Å². The molecule has 2 rings (SSSR count). The van der Waals surface area contributed by atoms with Crippen molar-refractivity contribution in [1.29, 1.82) is 0 Å². The normalized spacial score (nSPS) is 20.3. The van der Waals surface area contributed by atoms with E-state index in [0.717, 1.165) is 5.56 Å². The van der Waals surface area contributed by atoms with Crippen molar-refractivity contribution in [1.82, 2.24) is 0 Å². The largest absolute Gasteiger partial charge is 0.466 e. The summed E-state index contributed by atoms with van der Waals surface area (Å²) >= 11 is 6.11. The molecule has 0 spiro atoms. The molecule has 6 heteroatoms. The second-order valence-corrected chi connectivity index (χ2v) is 7.23. The van der Waals surface area contributed by atoms with Crippen LogP contribution in [0.5, 0.6) is 0 Å². The zero-order valence-corrected chi connectivity index (χ0v) is 15.1. The highest BCUT2D eigenvalue weighted by Crippen LogP contribution is 2.42. The number of halogens is 1. The van der Waals surface area contributed by atoms with E-state index < -0.39 is 18.3 Å². The number of ether oxygens (including phenoxy) is 1. The summed E-state index contributed by atoms with van der Waals surface area (Å²) in [6.45, 7) is 10.1. The summed E-state index contributed by atoms with van der Waals surface area (Å²) in [5.41, 5.74) is -0.00388. The SMILES string of the molecule is CCOC(=O)CC(B1OC(C)(C)C(C)(C)O1)c1cccc(Cl)c1. The summed E-state index contributed by atoms with van der Waals surface area (Å²) in [7, 11) is -0.525. The summed E-state index contributed by atoms with van der Waals surface area (Å²) in [6.07, 6.45) is 0.186. The van der Waals surface area contributed by atoms with Gasteiger partial charge in [-0.2, -0.15) is 0 Å². The molecule has 1 aliphatic rings. The van der Waals surface area contributed by atoms with Crippen molar-refractivity contribution in [3.8, 4) is 0 Å². The van der Waals surface area contributed by atoms with E-state index in [9.17, 15) is 4.79 Å². The Morgan fingerprint density at radius 2 is 1.87 bits per heavy atom. The molecule has 1 aliphatic heterocycles. The van der Waals surface area contributed by atoms with E-state index >= 15 is 0 Å². The lowest BCUT2D eigenvalue weighted by Crippen LogP contribution is -2.41. The van der Waals surface area contributed by atoms with Gasteiger partial charge in [-0.1, -0.05) is 23.7 Å². The van der Waals surface area contributed by atoms with Crippen molar-refractivity contribution < 1.29 is 18.8 Å². The molecule has 0 amide bonds. The lowest BCUT2D eigenvalue weighted by atomic mass is 9.66. The number of hydrogen-bond acceptors (Lipinski definition) is 4. The van der Waals surface area contributed by atoms with E-state index in [4.69, 9.17) is 25.6 Å². The number of rotatable bonds is 5. The Labute approximate surface area is 143 Å². The molecule has 0 N–H and O–H groups in total. The first-order chi connectivity index (χ1) is 10.7.